The molecule has 0 fully saturated rings. The maximum absolute atomic E-state index is 13.5. The standard InChI is InChI=1S/C13H10F2N2O3/c1-19-13(18)7-5-6-17-12(11(7)16)20-9-4-2-3-8(14)10(9)15/h2-6H,16H2,1H3. The van der Waals surface area contributed by atoms with Gasteiger partial charge in [0.15, 0.2) is 11.6 Å². The van der Waals surface area contributed by atoms with Crippen LogP contribution in [-0.2, 0) is 4.74 Å². The van der Waals surface area contributed by atoms with Crippen molar-refractivity contribution in [1.29, 1.82) is 0 Å². The SMILES string of the molecule is COC(=O)c1ccnc(Oc2cccc(F)c2F)c1N. The second kappa shape index (κ2) is 5.52. The first-order valence-corrected chi connectivity index (χ1v) is 5.49. The van der Waals surface area contributed by atoms with Crippen molar-refractivity contribution in [3.63, 3.8) is 0 Å². The van der Waals surface area contributed by atoms with Crippen LogP contribution in [0.2, 0.25) is 0 Å². The third-order valence-electron chi connectivity index (χ3n) is 2.48. The molecule has 0 aliphatic heterocycles. The van der Waals surface area contributed by atoms with E-state index >= 15 is 0 Å². The van der Waals surface area contributed by atoms with E-state index in [-0.39, 0.29) is 22.9 Å². The molecule has 0 unspecified atom stereocenters. The molecule has 0 bridgehead atoms. The third kappa shape index (κ3) is 2.51. The van der Waals surface area contributed by atoms with Crippen LogP contribution in [0.5, 0.6) is 11.6 Å². The predicted molar refractivity (Wildman–Crippen MR) is 66.4 cm³/mol. The van der Waals surface area contributed by atoms with Crippen LogP contribution in [0.4, 0.5) is 14.5 Å². The highest BCUT2D eigenvalue weighted by Gasteiger charge is 2.17. The molecule has 2 N–H and O–H groups in total. The fourth-order valence-electron chi connectivity index (χ4n) is 1.49. The summed E-state index contributed by atoms with van der Waals surface area (Å²) in [5.41, 5.74) is 5.59. The summed E-state index contributed by atoms with van der Waals surface area (Å²) in [5.74, 6) is -3.51. The Kier molecular flexibility index (Phi) is 3.79. The van der Waals surface area contributed by atoms with Gasteiger partial charge in [0.05, 0.1) is 12.7 Å². The Balaban J connectivity index is 2.39. The number of anilines is 1. The van der Waals surface area contributed by atoms with E-state index in [1.807, 2.05) is 0 Å². The Labute approximate surface area is 112 Å². The van der Waals surface area contributed by atoms with Crippen molar-refractivity contribution >= 4 is 11.7 Å². The van der Waals surface area contributed by atoms with Crippen molar-refractivity contribution in [3.8, 4) is 11.6 Å². The highest BCUT2D eigenvalue weighted by atomic mass is 19.2. The number of hydrogen-bond donors (Lipinski definition) is 1. The van der Waals surface area contributed by atoms with Crippen molar-refractivity contribution in [2.24, 2.45) is 0 Å². The maximum Gasteiger partial charge on any atom is 0.340 e. The molecule has 7 heteroatoms. The van der Waals surface area contributed by atoms with Crippen LogP contribution in [0.15, 0.2) is 30.5 Å². The van der Waals surface area contributed by atoms with Gasteiger partial charge in [-0.15, -0.1) is 0 Å². The maximum atomic E-state index is 13.5. The minimum atomic E-state index is -1.17. The van der Waals surface area contributed by atoms with E-state index in [1.54, 1.807) is 0 Å². The first-order chi connectivity index (χ1) is 9.54. The van der Waals surface area contributed by atoms with Crippen molar-refractivity contribution < 1.29 is 23.0 Å². The zero-order valence-electron chi connectivity index (χ0n) is 10.4. The van der Waals surface area contributed by atoms with Crippen LogP contribution in [0.1, 0.15) is 10.4 Å². The first kappa shape index (κ1) is 13.7. The fourth-order valence-corrected chi connectivity index (χ4v) is 1.49. The molecule has 0 amide bonds. The van der Waals surface area contributed by atoms with E-state index in [4.69, 9.17) is 10.5 Å². The van der Waals surface area contributed by atoms with E-state index in [9.17, 15) is 13.6 Å². The third-order valence-corrected chi connectivity index (χ3v) is 2.48. The van der Waals surface area contributed by atoms with Crippen LogP contribution in [0, 0.1) is 11.6 Å². The van der Waals surface area contributed by atoms with Crippen molar-refractivity contribution in [2.75, 3.05) is 12.8 Å². The lowest BCUT2D eigenvalue weighted by Crippen LogP contribution is -2.08. The van der Waals surface area contributed by atoms with E-state index in [2.05, 4.69) is 9.72 Å². The van der Waals surface area contributed by atoms with Gasteiger partial charge in [-0.05, 0) is 18.2 Å². The predicted octanol–water partition coefficient (Wildman–Crippen LogP) is 2.52. The number of hydrogen-bond acceptors (Lipinski definition) is 5. The molecule has 20 heavy (non-hydrogen) atoms. The van der Waals surface area contributed by atoms with Gasteiger partial charge in [-0.25, -0.2) is 14.2 Å². The number of carbonyl (C=O) groups excluding carboxylic acids is 1. The summed E-state index contributed by atoms with van der Waals surface area (Å²) < 4.78 is 36.2. The van der Waals surface area contributed by atoms with Crippen molar-refractivity contribution in [2.45, 2.75) is 0 Å². The molecule has 0 saturated heterocycles. The first-order valence-electron chi connectivity index (χ1n) is 5.49. The Morgan fingerprint density at radius 1 is 1.30 bits per heavy atom. The number of methoxy groups -OCH3 is 1. The molecule has 0 atom stereocenters. The second-order valence-electron chi connectivity index (χ2n) is 3.72. The summed E-state index contributed by atoms with van der Waals surface area (Å²) in [6.07, 6.45) is 1.25. The molecule has 1 aromatic heterocycles. The summed E-state index contributed by atoms with van der Waals surface area (Å²) in [6, 6.07) is 4.76. The summed E-state index contributed by atoms with van der Waals surface area (Å²) in [6.45, 7) is 0. The lowest BCUT2D eigenvalue weighted by atomic mass is 10.2. The number of nitrogens with zero attached hydrogens (tertiary/aromatic N) is 1. The van der Waals surface area contributed by atoms with Gasteiger partial charge in [0.2, 0.25) is 11.7 Å². The molecule has 5 nitrogen and oxygen atoms in total. The molecule has 1 heterocycles. The minimum absolute atomic E-state index is 0.0225. The molecule has 0 saturated carbocycles. The molecule has 104 valence electrons. The average molecular weight is 280 g/mol. The van der Waals surface area contributed by atoms with E-state index in [0.717, 1.165) is 6.07 Å². The molecule has 0 aliphatic carbocycles. The number of rotatable bonds is 3. The van der Waals surface area contributed by atoms with Gasteiger partial charge in [0.25, 0.3) is 0 Å². The Morgan fingerprint density at radius 2 is 2.05 bits per heavy atom. The molecule has 0 spiro atoms. The van der Waals surface area contributed by atoms with Crippen LogP contribution >= 0.6 is 0 Å². The van der Waals surface area contributed by atoms with Gasteiger partial charge in [-0.1, -0.05) is 6.07 Å². The quantitative estimate of drug-likeness (QED) is 0.874. The number of benzene rings is 1. The van der Waals surface area contributed by atoms with Crippen LogP contribution in [0.3, 0.4) is 0 Å². The monoisotopic (exact) mass is 280 g/mol. The van der Waals surface area contributed by atoms with Gasteiger partial charge < -0.3 is 15.2 Å². The Bertz CT molecular complexity index is 662. The molecule has 2 aromatic rings. The summed E-state index contributed by atoms with van der Waals surface area (Å²) in [7, 11) is 1.19. The molecule has 1 aromatic carbocycles. The fraction of sp³-hybridized carbons (Fsp3) is 0.0769. The normalized spacial score (nSPS) is 10.2. The molecule has 2 rings (SSSR count). The number of ether oxygens (including phenoxy) is 2. The average Bonchev–Trinajstić information content (AvgIpc) is 2.45. The summed E-state index contributed by atoms with van der Waals surface area (Å²) in [4.78, 5) is 15.2. The van der Waals surface area contributed by atoms with Crippen LogP contribution < -0.4 is 10.5 Å². The second-order valence-corrected chi connectivity index (χ2v) is 3.72. The number of esters is 1. The van der Waals surface area contributed by atoms with Gasteiger partial charge >= 0.3 is 5.97 Å². The highest BCUT2D eigenvalue weighted by molar-refractivity contribution is 5.96. The van der Waals surface area contributed by atoms with Gasteiger partial charge in [-0.3, -0.25) is 0 Å². The van der Waals surface area contributed by atoms with Crippen molar-refractivity contribution in [3.05, 3.63) is 47.7 Å². The summed E-state index contributed by atoms with van der Waals surface area (Å²) in [5, 5.41) is 0. The lowest BCUT2D eigenvalue weighted by molar-refractivity contribution is 0.0601. The molecular formula is C13H10F2N2O3. The van der Waals surface area contributed by atoms with Gasteiger partial charge in [0.1, 0.15) is 5.69 Å². The zero-order valence-corrected chi connectivity index (χ0v) is 10.4. The number of nitrogens with two attached hydrogens (primary N) is 1. The van der Waals surface area contributed by atoms with Crippen molar-refractivity contribution in [1.82, 2.24) is 4.98 Å². The number of pyridine rings is 1. The number of halogens is 2. The van der Waals surface area contributed by atoms with Crippen LogP contribution in [-0.4, -0.2) is 18.1 Å². The minimum Gasteiger partial charge on any atom is -0.465 e. The van der Waals surface area contributed by atoms with E-state index < -0.39 is 17.6 Å². The lowest BCUT2D eigenvalue weighted by Gasteiger charge is -2.10. The number of aromatic nitrogens is 1. The topological polar surface area (TPSA) is 74.4 Å². The van der Waals surface area contributed by atoms with Gasteiger partial charge in [0, 0.05) is 6.20 Å². The number of nitrogen functional groups attached to an aromatic ring is 1. The summed E-state index contributed by atoms with van der Waals surface area (Å²) >= 11 is 0. The van der Waals surface area contributed by atoms with Gasteiger partial charge in [-0.2, -0.15) is 4.39 Å². The molecular weight excluding hydrogens is 270 g/mol. The number of carbonyl (C=O) groups is 1. The Hall–Kier alpha value is -2.70. The smallest absolute Gasteiger partial charge is 0.340 e. The van der Waals surface area contributed by atoms with E-state index in [0.29, 0.717) is 0 Å². The molecule has 0 radical (unpaired) electrons. The Morgan fingerprint density at radius 3 is 2.75 bits per heavy atom. The molecule has 0 aliphatic rings. The van der Waals surface area contributed by atoms with E-state index in [1.165, 1.54) is 31.5 Å². The zero-order chi connectivity index (χ0) is 14.7. The van der Waals surface area contributed by atoms with Crippen LogP contribution in [0.25, 0.3) is 0 Å². The largest absolute Gasteiger partial charge is 0.465 e. The highest BCUT2D eigenvalue weighted by Crippen LogP contribution is 2.30.